The third kappa shape index (κ3) is 3.63. The maximum Gasteiger partial charge on any atom is 0.185 e. The minimum absolute atomic E-state index is 0.266. The molecular weight excluding hydrogens is 314 g/mol. The molecule has 2 rings (SSSR count). The van der Waals surface area contributed by atoms with Gasteiger partial charge in [0.2, 0.25) is 0 Å². The van der Waals surface area contributed by atoms with Gasteiger partial charge < -0.3 is 4.74 Å². The number of halogens is 3. The summed E-state index contributed by atoms with van der Waals surface area (Å²) in [5.41, 5.74) is 0.842. The van der Waals surface area contributed by atoms with Crippen molar-refractivity contribution in [3.63, 3.8) is 0 Å². The minimum atomic E-state index is -0.459. The van der Waals surface area contributed by atoms with Gasteiger partial charge in [-0.3, -0.25) is 4.79 Å². The van der Waals surface area contributed by atoms with Gasteiger partial charge in [-0.05, 0) is 42.0 Å². The summed E-state index contributed by atoms with van der Waals surface area (Å²) in [6.45, 7) is 0. The van der Waals surface area contributed by atoms with Gasteiger partial charge in [0.25, 0.3) is 0 Å². The van der Waals surface area contributed by atoms with Crippen molar-refractivity contribution in [1.82, 2.24) is 0 Å². The van der Waals surface area contributed by atoms with E-state index < -0.39 is 5.82 Å². The number of carbonyl (C=O) groups excluding carboxylic acids is 1. The summed E-state index contributed by atoms with van der Waals surface area (Å²) in [5.74, 6) is -0.326. The zero-order chi connectivity index (χ0) is 15.4. The molecule has 0 aliphatic carbocycles. The molecule has 108 valence electrons. The summed E-state index contributed by atoms with van der Waals surface area (Å²) < 4.78 is 18.1. The highest BCUT2D eigenvalue weighted by atomic mass is 35.5. The molecule has 0 radical (unpaired) electrons. The molecule has 0 aliphatic rings. The molecule has 5 heteroatoms. The van der Waals surface area contributed by atoms with Crippen LogP contribution < -0.4 is 4.74 Å². The topological polar surface area (TPSA) is 26.3 Å². The molecule has 21 heavy (non-hydrogen) atoms. The van der Waals surface area contributed by atoms with Gasteiger partial charge in [-0.2, -0.15) is 0 Å². The predicted molar refractivity (Wildman–Crippen MR) is 82.8 cm³/mol. The highest BCUT2D eigenvalue weighted by Crippen LogP contribution is 2.35. The average molecular weight is 325 g/mol. The van der Waals surface area contributed by atoms with Crippen molar-refractivity contribution < 1.29 is 13.9 Å². The molecule has 0 aromatic heterocycles. The lowest BCUT2D eigenvalue weighted by Crippen LogP contribution is -1.94. The molecule has 0 aliphatic heterocycles. The highest BCUT2D eigenvalue weighted by Gasteiger charge is 2.09. The molecule has 2 aromatic rings. The number of hydrogen-bond acceptors (Lipinski definition) is 2. The van der Waals surface area contributed by atoms with Crippen molar-refractivity contribution >= 4 is 35.1 Å². The molecule has 0 atom stereocenters. The van der Waals surface area contributed by atoms with Gasteiger partial charge in [0.1, 0.15) is 16.6 Å². The van der Waals surface area contributed by atoms with Crippen molar-refractivity contribution in [3.05, 3.63) is 69.5 Å². The molecule has 0 unspecified atom stereocenters. The van der Waals surface area contributed by atoms with Crippen LogP contribution in [0, 0.1) is 5.82 Å². The predicted octanol–water partition coefficient (Wildman–Crippen LogP) is 5.04. The van der Waals surface area contributed by atoms with Crippen molar-refractivity contribution in [1.29, 1.82) is 0 Å². The van der Waals surface area contributed by atoms with Crippen LogP contribution in [-0.4, -0.2) is 12.9 Å². The Morgan fingerprint density at radius 1 is 1.19 bits per heavy atom. The van der Waals surface area contributed by atoms with Crippen LogP contribution in [0.5, 0.6) is 5.75 Å². The maximum absolute atomic E-state index is 13.1. The van der Waals surface area contributed by atoms with Gasteiger partial charge >= 0.3 is 0 Å². The van der Waals surface area contributed by atoms with Crippen LogP contribution in [0.25, 0.3) is 6.08 Å². The second-order valence-corrected chi connectivity index (χ2v) is 4.95. The number of ether oxygens (including phenoxy) is 1. The summed E-state index contributed by atoms with van der Waals surface area (Å²) in [5, 5.41) is 0.568. The monoisotopic (exact) mass is 324 g/mol. The van der Waals surface area contributed by atoms with E-state index in [9.17, 15) is 9.18 Å². The number of benzene rings is 2. The molecule has 0 bridgehead atoms. The number of hydrogen-bond donors (Lipinski definition) is 0. The number of ketones is 1. The number of allylic oxidation sites excluding steroid dienone is 1. The van der Waals surface area contributed by atoms with Crippen LogP contribution in [0.4, 0.5) is 4.39 Å². The molecule has 0 spiro atoms. The molecule has 0 heterocycles. The number of rotatable bonds is 4. The summed E-state index contributed by atoms with van der Waals surface area (Å²) in [6.07, 6.45) is 2.85. The van der Waals surface area contributed by atoms with Crippen molar-refractivity contribution in [2.75, 3.05) is 7.11 Å². The summed E-state index contributed by atoms with van der Waals surface area (Å²) in [7, 11) is 1.49. The van der Waals surface area contributed by atoms with E-state index in [1.54, 1.807) is 18.2 Å². The van der Waals surface area contributed by atoms with Crippen LogP contribution in [0.3, 0.4) is 0 Å². The van der Waals surface area contributed by atoms with Crippen LogP contribution in [-0.2, 0) is 0 Å². The first kappa shape index (κ1) is 15.5. The SMILES string of the molecule is COc1ccc(C=CC(=O)c2cccc(F)c2)c(Cl)c1Cl. The zero-order valence-electron chi connectivity index (χ0n) is 11.1. The van der Waals surface area contributed by atoms with Crippen LogP contribution >= 0.6 is 23.2 Å². The Morgan fingerprint density at radius 3 is 2.62 bits per heavy atom. The Labute approximate surface area is 131 Å². The molecule has 2 nitrogen and oxygen atoms in total. The van der Waals surface area contributed by atoms with Crippen LogP contribution in [0.1, 0.15) is 15.9 Å². The fourth-order valence-corrected chi connectivity index (χ4v) is 2.20. The molecule has 0 N–H and O–H groups in total. The lowest BCUT2D eigenvalue weighted by molar-refractivity contribution is 0.104. The highest BCUT2D eigenvalue weighted by molar-refractivity contribution is 6.43. The van der Waals surface area contributed by atoms with Crippen molar-refractivity contribution in [2.24, 2.45) is 0 Å². The van der Waals surface area contributed by atoms with E-state index in [1.807, 2.05) is 0 Å². The Balaban J connectivity index is 2.26. The van der Waals surface area contributed by atoms with Gasteiger partial charge in [0.15, 0.2) is 5.78 Å². The summed E-state index contributed by atoms with van der Waals surface area (Å²) in [6, 6.07) is 8.81. The fraction of sp³-hybridized carbons (Fsp3) is 0.0625. The standard InChI is InChI=1S/C16H11Cl2FO2/c1-21-14-8-6-10(15(17)16(14)18)5-7-13(20)11-3-2-4-12(19)9-11/h2-9H,1H3. The number of carbonyl (C=O) groups is 1. The van der Waals surface area contributed by atoms with Gasteiger partial charge in [0.05, 0.1) is 12.1 Å². The molecule has 0 amide bonds. The van der Waals surface area contributed by atoms with Crippen molar-refractivity contribution in [2.45, 2.75) is 0 Å². The van der Waals surface area contributed by atoms with Crippen molar-refractivity contribution in [3.8, 4) is 5.75 Å². The summed E-state index contributed by atoms with van der Waals surface area (Å²) >= 11 is 12.1. The van der Waals surface area contributed by atoms with E-state index in [-0.39, 0.29) is 16.4 Å². The van der Waals surface area contributed by atoms with Crippen LogP contribution in [0.15, 0.2) is 42.5 Å². The number of methoxy groups -OCH3 is 1. The van der Waals surface area contributed by atoms with E-state index in [4.69, 9.17) is 27.9 Å². The lowest BCUT2D eigenvalue weighted by Gasteiger charge is -2.06. The van der Waals surface area contributed by atoms with E-state index >= 15 is 0 Å². The fourth-order valence-electron chi connectivity index (χ4n) is 1.74. The molecule has 0 fully saturated rings. The Morgan fingerprint density at radius 2 is 1.95 bits per heavy atom. The Hall–Kier alpha value is -1.84. The first-order valence-electron chi connectivity index (χ1n) is 6.03. The zero-order valence-corrected chi connectivity index (χ0v) is 12.6. The smallest absolute Gasteiger partial charge is 0.185 e. The quantitative estimate of drug-likeness (QED) is 0.582. The molecule has 0 saturated heterocycles. The second-order valence-electron chi connectivity index (χ2n) is 4.19. The minimum Gasteiger partial charge on any atom is -0.495 e. The van der Waals surface area contributed by atoms with Crippen LogP contribution in [0.2, 0.25) is 10.0 Å². The van der Waals surface area contributed by atoms with Gasteiger partial charge in [-0.15, -0.1) is 0 Å². The Bertz CT molecular complexity index is 711. The van der Waals surface area contributed by atoms with Gasteiger partial charge in [0, 0.05) is 5.56 Å². The average Bonchev–Trinajstić information content (AvgIpc) is 2.48. The molecule has 0 saturated carbocycles. The third-order valence-electron chi connectivity index (χ3n) is 2.82. The lowest BCUT2D eigenvalue weighted by atomic mass is 10.1. The molecule has 2 aromatic carbocycles. The largest absolute Gasteiger partial charge is 0.495 e. The first-order chi connectivity index (χ1) is 10.0. The van der Waals surface area contributed by atoms with E-state index in [0.717, 1.165) is 0 Å². The Kier molecular flexibility index (Phi) is 4.99. The summed E-state index contributed by atoms with van der Waals surface area (Å²) in [4.78, 5) is 11.9. The maximum atomic E-state index is 13.1. The van der Waals surface area contributed by atoms with Gasteiger partial charge in [-0.25, -0.2) is 4.39 Å². The second kappa shape index (κ2) is 6.74. The third-order valence-corrected chi connectivity index (χ3v) is 3.70. The first-order valence-corrected chi connectivity index (χ1v) is 6.78. The normalized spacial score (nSPS) is 10.9. The van der Waals surface area contributed by atoms with E-state index in [0.29, 0.717) is 16.3 Å². The molecular formula is C16H11Cl2FO2. The van der Waals surface area contributed by atoms with E-state index in [2.05, 4.69) is 0 Å². The van der Waals surface area contributed by atoms with Gasteiger partial charge in [-0.1, -0.05) is 35.3 Å². The van der Waals surface area contributed by atoms with E-state index in [1.165, 1.54) is 37.5 Å².